The van der Waals surface area contributed by atoms with E-state index in [0.29, 0.717) is 5.75 Å². The Morgan fingerprint density at radius 1 is 1.20 bits per heavy atom. The molecule has 1 fully saturated rings. The van der Waals surface area contributed by atoms with Crippen LogP contribution in [0.1, 0.15) is 24.3 Å². The zero-order valence-corrected chi connectivity index (χ0v) is 10.4. The molecule has 0 atom stereocenters. The van der Waals surface area contributed by atoms with Crippen molar-refractivity contribution >= 4 is 33.4 Å². The van der Waals surface area contributed by atoms with Crippen molar-refractivity contribution in [2.24, 2.45) is 0 Å². The van der Waals surface area contributed by atoms with E-state index in [0.717, 1.165) is 14.9 Å². The van der Waals surface area contributed by atoms with E-state index in [1.165, 1.54) is 23.8 Å². The normalized spacial score (nSPS) is 15.8. The molecule has 0 amide bonds. The van der Waals surface area contributed by atoms with Crippen LogP contribution in [0.5, 0.6) is 5.75 Å². The van der Waals surface area contributed by atoms with Crippen LogP contribution in [0.2, 0.25) is 0 Å². The molecule has 15 heavy (non-hydrogen) atoms. The molecule has 1 saturated carbocycles. The summed E-state index contributed by atoms with van der Waals surface area (Å²) in [5.41, 5.74) is 1.46. The molecule has 2 aromatic rings. The molecule has 2 aromatic carbocycles. The Kier molecular flexibility index (Phi) is 2.12. The van der Waals surface area contributed by atoms with Crippen LogP contribution in [0.3, 0.4) is 0 Å². The Balaban J connectivity index is 2.37. The summed E-state index contributed by atoms with van der Waals surface area (Å²) in [5, 5.41) is 12.0. The molecule has 0 aliphatic heterocycles. The topological polar surface area (TPSA) is 20.2 Å². The summed E-state index contributed by atoms with van der Waals surface area (Å²) >= 11 is 2.31. The van der Waals surface area contributed by atoms with Crippen LogP contribution in [-0.2, 0) is 0 Å². The molecule has 76 valence electrons. The molecule has 3 rings (SSSR count). The van der Waals surface area contributed by atoms with Crippen molar-refractivity contribution in [3.05, 3.63) is 39.5 Å². The highest BCUT2D eigenvalue weighted by Crippen LogP contribution is 2.44. The standard InChI is InChI=1S/C13H11IO/c14-12-7-10(15)6-9-2-1-3-11(13(9)12)8-4-5-8/h1-3,6-8,15H,4-5H2. The fraction of sp³-hybridized carbons (Fsp3) is 0.231. The molecule has 1 aliphatic rings. The molecular weight excluding hydrogens is 299 g/mol. The largest absolute Gasteiger partial charge is 0.508 e. The number of hydrogen-bond acceptors (Lipinski definition) is 1. The van der Waals surface area contributed by atoms with Gasteiger partial charge in [-0.2, -0.15) is 0 Å². The molecule has 0 spiro atoms. The lowest BCUT2D eigenvalue weighted by Gasteiger charge is -2.08. The van der Waals surface area contributed by atoms with Gasteiger partial charge in [0.05, 0.1) is 0 Å². The third-order valence-corrected chi connectivity index (χ3v) is 3.81. The van der Waals surface area contributed by atoms with Gasteiger partial charge in [-0.1, -0.05) is 18.2 Å². The highest BCUT2D eigenvalue weighted by molar-refractivity contribution is 14.1. The summed E-state index contributed by atoms with van der Waals surface area (Å²) < 4.78 is 1.16. The van der Waals surface area contributed by atoms with Gasteiger partial charge in [-0.15, -0.1) is 0 Å². The summed E-state index contributed by atoms with van der Waals surface area (Å²) in [7, 11) is 0. The molecule has 0 aromatic heterocycles. The van der Waals surface area contributed by atoms with Crippen molar-refractivity contribution in [2.45, 2.75) is 18.8 Å². The molecule has 1 N–H and O–H groups in total. The quantitative estimate of drug-likeness (QED) is 0.789. The predicted octanol–water partition coefficient (Wildman–Crippen LogP) is 4.03. The minimum Gasteiger partial charge on any atom is -0.508 e. The van der Waals surface area contributed by atoms with Crippen molar-refractivity contribution in [1.82, 2.24) is 0 Å². The number of phenols is 1. The first-order valence-corrected chi connectivity index (χ1v) is 6.25. The Morgan fingerprint density at radius 3 is 2.73 bits per heavy atom. The maximum atomic E-state index is 9.55. The van der Waals surface area contributed by atoms with Gasteiger partial charge in [-0.25, -0.2) is 0 Å². The Bertz CT molecular complexity index is 529. The average Bonchev–Trinajstić information content (AvgIpc) is 2.99. The van der Waals surface area contributed by atoms with Crippen molar-refractivity contribution in [3.63, 3.8) is 0 Å². The number of aromatic hydroxyl groups is 1. The predicted molar refractivity (Wildman–Crippen MR) is 70.3 cm³/mol. The Morgan fingerprint density at radius 2 is 2.00 bits per heavy atom. The van der Waals surface area contributed by atoms with Crippen LogP contribution in [0.25, 0.3) is 10.8 Å². The van der Waals surface area contributed by atoms with Crippen molar-refractivity contribution < 1.29 is 5.11 Å². The number of benzene rings is 2. The lowest BCUT2D eigenvalue weighted by molar-refractivity contribution is 0.476. The fourth-order valence-electron chi connectivity index (χ4n) is 2.12. The first kappa shape index (κ1) is 9.46. The highest BCUT2D eigenvalue weighted by Gasteiger charge is 2.25. The fourth-order valence-corrected chi connectivity index (χ4v) is 3.06. The molecule has 0 heterocycles. The van der Waals surface area contributed by atoms with Gasteiger partial charge in [0, 0.05) is 3.57 Å². The van der Waals surface area contributed by atoms with Gasteiger partial charge in [-0.3, -0.25) is 0 Å². The van der Waals surface area contributed by atoms with Gasteiger partial charge >= 0.3 is 0 Å². The van der Waals surface area contributed by atoms with E-state index in [9.17, 15) is 5.11 Å². The second-order valence-corrected chi connectivity index (χ2v) is 5.31. The van der Waals surface area contributed by atoms with Crippen LogP contribution in [-0.4, -0.2) is 5.11 Å². The lowest BCUT2D eigenvalue weighted by atomic mass is 10.0. The van der Waals surface area contributed by atoms with E-state index in [1.807, 2.05) is 12.1 Å². The van der Waals surface area contributed by atoms with Crippen LogP contribution < -0.4 is 0 Å². The second kappa shape index (κ2) is 3.37. The monoisotopic (exact) mass is 310 g/mol. The van der Waals surface area contributed by atoms with Crippen molar-refractivity contribution in [3.8, 4) is 5.75 Å². The molecular formula is C13H11IO. The van der Waals surface area contributed by atoms with Gasteiger partial charge in [0.15, 0.2) is 0 Å². The Hall–Kier alpha value is -0.770. The number of rotatable bonds is 1. The van der Waals surface area contributed by atoms with E-state index >= 15 is 0 Å². The summed E-state index contributed by atoms with van der Waals surface area (Å²) in [6.45, 7) is 0. The average molecular weight is 310 g/mol. The van der Waals surface area contributed by atoms with E-state index in [-0.39, 0.29) is 0 Å². The minimum absolute atomic E-state index is 0.361. The van der Waals surface area contributed by atoms with Crippen molar-refractivity contribution in [1.29, 1.82) is 0 Å². The van der Waals surface area contributed by atoms with Crippen LogP contribution >= 0.6 is 22.6 Å². The van der Waals surface area contributed by atoms with E-state index < -0.39 is 0 Å². The summed E-state index contributed by atoms with van der Waals surface area (Å²) in [5.74, 6) is 1.12. The van der Waals surface area contributed by atoms with Crippen molar-refractivity contribution in [2.75, 3.05) is 0 Å². The molecule has 2 heteroatoms. The second-order valence-electron chi connectivity index (χ2n) is 4.15. The first-order chi connectivity index (χ1) is 7.25. The van der Waals surface area contributed by atoms with E-state index in [1.54, 1.807) is 0 Å². The molecule has 0 bridgehead atoms. The van der Waals surface area contributed by atoms with Gasteiger partial charge < -0.3 is 5.11 Å². The van der Waals surface area contributed by atoms with Gasteiger partial charge in [0.2, 0.25) is 0 Å². The third-order valence-electron chi connectivity index (χ3n) is 2.96. The molecule has 0 saturated heterocycles. The number of phenolic OH excluding ortho intramolecular Hbond substituents is 1. The zero-order valence-electron chi connectivity index (χ0n) is 8.20. The minimum atomic E-state index is 0.361. The maximum Gasteiger partial charge on any atom is 0.117 e. The first-order valence-electron chi connectivity index (χ1n) is 5.17. The van der Waals surface area contributed by atoms with Gasteiger partial charge in [-0.05, 0) is 69.8 Å². The summed E-state index contributed by atoms with van der Waals surface area (Å²) in [6.07, 6.45) is 2.63. The number of halogens is 1. The number of fused-ring (bicyclic) bond motifs is 1. The van der Waals surface area contributed by atoms with E-state index in [4.69, 9.17) is 0 Å². The molecule has 1 aliphatic carbocycles. The SMILES string of the molecule is Oc1cc(I)c2c(C3CC3)cccc2c1. The van der Waals surface area contributed by atoms with Crippen LogP contribution in [0.15, 0.2) is 30.3 Å². The number of hydrogen-bond donors (Lipinski definition) is 1. The maximum absolute atomic E-state index is 9.55. The summed E-state index contributed by atoms with van der Waals surface area (Å²) in [6, 6.07) is 10.1. The van der Waals surface area contributed by atoms with Gasteiger partial charge in [0.1, 0.15) is 5.75 Å². The summed E-state index contributed by atoms with van der Waals surface area (Å²) in [4.78, 5) is 0. The molecule has 0 radical (unpaired) electrons. The van der Waals surface area contributed by atoms with Crippen LogP contribution in [0.4, 0.5) is 0 Å². The zero-order chi connectivity index (χ0) is 10.4. The van der Waals surface area contributed by atoms with Gasteiger partial charge in [0.25, 0.3) is 0 Å². The lowest BCUT2D eigenvalue weighted by Crippen LogP contribution is -1.86. The highest BCUT2D eigenvalue weighted by atomic mass is 127. The molecule has 0 unspecified atom stereocenters. The van der Waals surface area contributed by atoms with E-state index in [2.05, 4.69) is 40.8 Å². The van der Waals surface area contributed by atoms with Crippen LogP contribution in [0, 0.1) is 3.57 Å². The molecule has 1 nitrogen and oxygen atoms in total. The smallest absolute Gasteiger partial charge is 0.117 e. The Labute approximate surface area is 102 Å². The third kappa shape index (κ3) is 1.61.